The van der Waals surface area contributed by atoms with Crippen LogP contribution in [-0.4, -0.2) is 65.2 Å². The summed E-state index contributed by atoms with van der Waals surface area (Å²) in [5.41, 5.74) is 3.86. The van der Waals surface area contributed by atoms with Crippen LogP contribution in [-0.2, 0) is 34.8 Å². The largest absolute Gasteiger partial charge is 0.355 e. The Kier molecular flexibility index (Phi) is 7.63. The number of hydrogen-bond acceptors (Lipinski definition) is 7. The fourth-order valence-corrected chi connectivity index (χ4v) is 13.0. The van der Waals surface area contributed by atoms with Crippen molar-refractivity contribution in [3.8, 4) is 0 Å². The molecule has 0 aliphatic carbocycles. The summed E-state index contributed by atoms with van der Waals surface area (Å²) in [6.45, 7) is 4.17. The molecule has 11 heteroatoms. The van der Waals surface area contributed by atoms with E-state index >= 15 is 13.2 Å². The van der Waals surface area contributed by atoms with Gasteiger partial charge in [-0.05, 0) is 74.2 Å². The van der Waals surface area contributed by atoms with Gasteiger partial charge in [-0.25, -0.2) is 16.8 Å². The van der Waals surface area contributed by atoms with Crippen molar-refractivity contribution in [1.29, 1.82) is 0 Å². The number of rotatable bonds is 6. The van der Waals surface area contributed by atoms with E-state index in [4.69, 9.17) is 0 Å². The minimum absolute atomic E-state index is 0.0286. The molecule has 1 spiro atoms. The zero-order valence-corrected chi connectivity index (χ0v) is 30.5. The highest BCUT2D eigenvalue weighted by Gasteiger charge is 2.70. The van der Waals surface area contributed by atoms with Crippen molar-refractivity contribution in [3.05, 3.63) is 131 Å². The van der Waals surface area contributed by atoms with Gasteiger partial charge in [-0.1, -0.05) is 71.8 Å². The van der Waals surface area contributed by atoms with Crippen LogP contribution in [0.25, 0.3) is 0 Å². The molecule has 2 amide bonds. The third kappa shape index (κ3) is 4.70. The first-order valence-electron chi connectivity index (χ1n) is 17.1. The molecule has 0 unspecified atom stereocenters. The second kappa shape index (κ2) is 11.6. The monoisotopic (exact) mass is 721 g/mol. The Morgan fingerprint density at radius 3 is 2.02 bits per heavy atom. The quantitative estimate of drug-likeness (QED) is 0.258. The third-order valence-corrected chi connectivity index (χ3v) is 15.2. The number of amides is 2. The molecule has 0 radical (unpaired) electrons. The van der Waals surface area contributed by atoms with Crippen molar-refractivity contribution >= 4 is 42.9 Å². The number of benzene rings is 4. The van der Waals surface area contributed by atoms with Crippen LogP contribution in [0.2, 0.25) is 0 Å². The maximum Gasteiger partial charge on any atom is 0.257 e. The highest BCUT2D eigenvalue weighted by atomic mass is 32.2. The van der Waals surface area contributed by atoms with Gasteiger partial charge in [0.15, 0.2) is 25.2 Å². The van der Waals surface area contributed by atoms with Gasteiger partial charge in [-0.15, -0.1) is 0 Å². The number of hydrogen-bond donors (Lipinski definition) is 0. The first kappa shape index (κ1) is 33.4. The van der Waals surface area contributed by atoms with Crippen LogP contribution in [0.4, 0.5) is 11.4 Å². The second-order valence-corrected chi connectivity index (χ2v) is 18.3. The molecule has 8 rings (SSSR count). The van der Waals surface area contributed by atoms with Crippen LogP contribution in [0.15, 0.2) is 118 Å². The second-order valence-electron chi connectivity index (χ2n) is 14.2. The molecule has 1 fully saturated rings. The summed E-state index contributed by atoms with van der Waals surface area (Å²) in [5, 5.41) is -1.45. The van der Waals surface area contributed by atoms with Gasteiger partial charge in [-0.2, -0.15) is 0 Å². The van der Waals surface area contributed by atoms with Gasteiger partial charge in [0.1, 0.15) is 5.25 Å². The molecule has 4 aromatic carbocycles. The van der Waals surface area contributed by atoms with Crippen LogP contribution in [0.5, 0.6) is 0 Å². The highest BCUT2D eigenvalue weighted by Crippen LogP contribution is 2.61. The summed E-state index contributed by atoms with van der Waals surface area (Å²) < 4.78 is 59.8. The summed E-state index contributed by atoms with van der Waals surface area (Å²) in [5.74, 6) is -3.23. The molecule has 0 N–H and O–H groups in total. The molecule has 0 aromatic heterocycles. The summed E-state index contributed by atoms with van der Waals surface area (Å²) in [6.07, 6.45) is 0.965. The molecule has 1 saturated heterocycles. The molecule has 0 saturated carbocycles. The maximum absolute atomic E-state index is 15.4. The first-order chi connectivity index (χ1) is 24.3. The third-order valence-electron chi connectivity index (χ3n) is 11.3. The smallest absolute Gasteiger partial charge is 0.257 e. The highest BCUT2D eigenvalue weighted by molar-refractivity contribution is 7.93. The summed E-state index contributed by atoms with van der Waals surface area (Å²) in [7, 11) is -5.13. The van der Waals surface area contributed by atoms with Gasteiger partial charge < -0.3 is 14.7 Å². The fraction of sp³-hybridized carbons (Fsp3) is 0.300. The van der Waals surface area contributed by atoms with Crippen molar-refractivity contribution in [2.45, 2.75) is 53.2 Å². The molecular weight excluding hydrogens is 683 g/mol. The minimum Gasteiger partial charge on any atom is -0.355 e. The number of anilines is 2. The molecular formula is C40H39N3O6S2. The number of aryl methyl sites for hydroxylation is 2. The minimum atomic E-state index is -4.37. The van der Waals surface area contributed by atoms with E-state index in [1.807, 2.05) is 55.1 Å². The van der Waals surface area contributed by atoms with Gasteiger partial charge in [0.05, 0.1) is 21.5 Å². The van der Waals surface area contributed by atoms with Crippen LogP contribution in [0, 0.1) is 19.8 Å². The van der Waals surface area contributed by atoms with Crippen molar-refractivity contribution < 1.29 is 26.4 Å². The number of carbonyl (C=O) groups is 2. The normalized spacial score (nSPS) is 24.4. The van der Waals surface area contributed by atoms with Gasteiger partial charge in [0, 0.05) is 49.2 Å². The Morgan fingerprint density at radius 1 is 0.745 bits per heavy atom. The summed E-state index contributed by atoms with van der Waals surface area (Å²) in [6, 6.07) is 27.5. The van der Waals surface area contributed by atoms with E-state index in [1.165, 1.54) is 29.2 Å². The van der Waals surface area contributed by atoms with Crippen LogP contribution in [0.3, 0.4) is 0 Å². The fourth-order valence-electron chi connectivity index (χ4n) is 9.08. The van der Waals surface area contributed by atoms with Crippen LogP contribution < -0.4 is 9.80 Å². The van der Waals surface area contributed by atoms with Gasteiger partial charge in [-0.3, -0.25) is 9.59 Å². The molecule has 51 heavy (non-hydrogen) atoms. The molecule has 4 atom stereocenters. The van der Waals surface area contributed by atoms with E-state index in [9.17, 15) is 13.2 Å². The number of likely N-dealkylation sites (N-methyl/N-ethyl adjacent to an activating group) is 2. The van der Waals surface area contributed by atoms with Gasteiger partial charge >= 0.3 is 0 Å². The Morgan fingerprint density at radius 2 is 1.35 bits per heavy atom. The standard InChI is InChI=1S/C40H39N3O6S2/c1-25-17-19-33-30(22-25)35(38(44)41(33)3)29-16-11-21-43-36(29)37(51(48,49)28-14-9-6-10-15-28)32(24-50(46,47)27-12-7-5-8-13-27)40(43)31-23-26(2)18-20-34(31)42(4)39(40)45/h5-10,12-15,17-20,22-23,32,35,37H,11,16,21,24H2,1-4H3/t32-,35-,37-,40+/m0/s1. The average Bonchev–Trinajstić information content (AvgIpc) is 3.64. The Bertz CT molecular complexity index is 2380. The molecule has 4 aliphatic rings. The van der Waals surface area contributed by atoms with Crippen LogP contribution in [0.1, 0.15) is 41.0 Å². The van der Waals surface area contributed by atoms with Crippen molar-refractivity contribution in [3.63, 3.8) is 0 Å². The van der Waals surface area contributed by atoms with Crippen LogP contribution >= 0.6 is 0 Å². The topological polar surface area (TPSA) is 112 Å². The van der Waals surface area contributed by atoms with E-state index in [0.717, 1.165) is 22.4 Å². The summed E-state index contributed by atoms with van der Waals surface area (Å²) in [4.78, 5) is 34.6. The predicted molar refractivity (Wildman–Crippen MR) is 196 cm³/mol. The SMILES string of the molecule is Cc1ccc2c(c1)[C@H](C1=C3[C@@H](S(=O)(=O)c4ccccc4)[C@H](CS(=O)(=O)c4ccccc4)[C@]4(C(=O)N(C)c5ccc(C)cc54)N3CCC1)C(=O)N2C. The van der Waals surface area contributed by atoms with E-state index in [1.54, 1.807) is 55.4 Å². The molecule has 4 aromatic rings. The zero-order chi connectivity index (χ0) is 36.0. The van der Waals surface area contributed by atoms with Gasteiger partial charge in [0.25, 0.3) is 5.91 Å². The van der Waals surface area contributed by atoms with E-state index in [0.29, 0.717) is 41.9 Å². The molecule has 262 valence electrons. The Hall–Kier alpha value is -4.74. The average molecular weight is 722 g/mol. The number of fused-ring (bicyclic) bond motifs is 5. The molecule has 4 heterocycles. The number of carbonyl (C=O) groups excluding carboxylic acids is 2. The lowest BCUT2D eigenvalue weighted by molar-refractivity contribution is -0.129. The van der Waals surface area contributed by atoms with E-state index < -0.39 is 48.1 Å². The lowest BCUT2D eigenvalue weighted by Gasteiger charge is -2.42. The van der Waals surface area contributed by atoms with E-state index in [-0.39, 0.29) is 21.6 Å². The van der Waals surface area contributed by atoms with Crippen molar-refractivity contribution in [2.24, 2.45) is 5.92 Å². The zero-order valence-electron chi connectivity index (χ0n) is 28.9. The Balaban J connectivity index is 1.49. The van der Waals surface area contributed by atoms with E-state index in [2.05, 4.69) is 0 Å². The van der Waals surface area contributed by atoms with Crippen molar-refractivity contribution in [2.75, 3.05) is 36.2 Å². The maximum atomic E-state index is 15.4. The van der Waals surface area contributed by atoms with Crippen molar-refractivity contribution in [1.82, 2.24) is 4.90 Å². The number of sulfone groups is 2. The lowest BCUT2D eigenvalue weighted by Crippen LogP contribution is -2.55. The number of nitrogens with zero attached hydrogens (tertiary/aromatic N) is 3. The molecule has 4 aliphatic heterocycles. The predicted octanol–water partition coefficient (Wildman–Crippen LogP) is 5.53. The molecule has 0 bridgehead atoms. The summed E-state index contributed by atoms with van der Waals surface area (Å²) >= 11 is 0. The Labute approximate surface area is 299 Å². The lowest BCUT2D eigenvalue weighted by atomic mass is 9.79. The van der Waals surface area contributed by atoms with Gasteiger partial charge in [0.2, 0.25) is 5.91 Å². The first-order valence-corrected chi connectivity index (χ1v) is 20.3. The molecule has 9 nitrogen and oxygen atoms in total.